The lowest BCUT2D eigenvalue weighted by molar-refractivity contribution is -0.154. The second kappa shape index (κ2) is 10.2. The van der Waals surface area contributed by atoms with Crippen LogP contribution in [0.15, 0.2) is 36.4 Å². The number of nitrogens with one attached hydrogen (secondary N) is 1. The fourth-order valence-corrected chi connectivity index (χ4v) is 2.57. The number of benzene rings is 2. The van der Waals surface area contributed by atoms with Crippen LogP contribution in [0.4, 0.5) is 19.3 Å². The van der Waals surface area contributed by atoms with Gasteiger partial charge in [0.15, 0.2) is 5.92 Å². The molecule has 0 fully saturated rings. The molecule has 0 spiro atoms. The topological polar surface area (TPSA) is 122 Å². The van der Waals surface area contributed by atoms with E-state index in [1.54, 1.807) is 6.92 Å². The molecule has 0 unspecified atom stereocenters. The lowest BCUT2D eigenvalue weighted by Crippen LogP contribution is -2.25. The standard InChI is InChI=1S/C20H19F2NO7/c1-2-29-17-6-3-11(8-14(18(24)25)19(26)27)7-12(17)10-30-20(28)23-16-5-4-13(21)9-15(16)22/h3-7,9,14H,2,8,10H2,1H3,(H,23,28)(H,24,25)(H,26,27). The highest BCUT2D eigenvalue weighted by molar-refractivity contribution is 5.93. The fourth-order valence-electron chi connectivity index (χ4n) is 2.57. The molecular weight excluding hydrogens is 404 g/mol. The minimum absolute atomic E-state index is 0.272. The van der Waals surface area contributed by atoms with Crippen LogP contribution in [0.2, 0.25) is 0 Å². The molecule has 3 N–H and O–H groups in total. The molecule has 0 aromatic heterocycles. The number of halogens is 2. The predicted octanol–water partition coefficient (Wildman–Crippen LogP) is 3.44. The van der Waals surface area contributed by atoms with E-state index in [1.807, 2.05) is 0 Å². The van der Waals surface area contributed by atoms with Gasteiger partial charge >= 0.3 is 18.0 Å². The number of anilines is 1. The van der Waals surface area contributed by atoms with Gasteiger partial charge in [-0.1, -0.05) is 6.07 Å². The van der Waals surface area contributed by atoms with E-state index in [1.165, 1.54) is 18.2 Å². The summed E-state index contributed by atoms with van der Waals surface area (Å²) in [5, 5.41) is 20.2. The van der Waals surface area contributed by atoms with E-state index < -0.39 is 35.6 Å². The minimum Gasteiger partial charge on any atom is -0.493 e. The van der Waals surface area contributed by atoms with Crippen molar-refractivity contribution in [3.8, 4) is 5.75 Å². The Kier molecular flexibility index (Phi) is 7.68. The van der Waals surface area contributed by atoms with Gasteiger partial charge in [0.2, 0.25) is 0 Å². The summed E-state index contributed by atoms with van der Waals surface area (Å²) in [6.45, 7) is 1.71. The number of carboxylic acid groups (broad SMARTS) is 2. The summed E-state index contributed by atoms with van der Waals surface area (Å²) in [4.78, 5) is 34.1. The number of aliphatic carboxylic acids is 2. The van der Waals surface area contributed by atoms with Gasteiger partial charge in [-0.25, -0.2) is 13.6 Å². The number of amides is 1. The van der Waals surface area contributed by atoms with Crippen LogP contribution in [0.5, 0.6) is 5.75 Å². The number of carboxylic acids is 2. The van der Waals surface area contributed by atoms with Gasteiger partial charge in [0.05, 0.1) is 12.3 Å². The summed E-state index contributed by atoms with van der Waals surface area (Å²) in [6.07, 6.45) is -1.29. The SMILES string of the molecule is CCOc1ccc(CC(C(=O)O)C(=O)O)cc1COC(=O)Nc1ccc(F)cc1F. The van der Waals surface area contributed by atoms with E-state index in [4.69, 9.17) is 19.7 Å². The van der Waals surface area contributed by atoms with Gasteiger partial charge in [0.1, 0.15) is 24.0 Å². The molecule has 0 aliphatic carbocycles. The summed E-state index contributed by atoms with van der Waals surface area (Å²) in [6, 6.07) is 7.10. The van der Waals surface area contributed by atoms with Crippen LogP contribution in [0.3, 0.4) is 0 Å². The van der Waals surface area contributed by atoms with Gasteiger partial charge in [-0.05, 0) is 43.2 Å². The van der Waals surface area contributed by atoms with E-state index in [0.29, 0.717) is 29.5 Å². The number of hydrogen-bond acceptors (Lipinski definition) is 5. The summed E-state index contributed by atoms with van der Waals surface area (Å²) >= 11 is 0. The molecule has 2 aromatic carbocycles. The average Bonchev–Trinajstić information content (AvgIpc) is 2.67. The Morgan fingerprint density at radius 2 is 1.77 bits per heavy atom. The van der Waals surface area contributed by atoms with Crippen LogP contribution < -0.4 is 10.1 Å². The maximum absolute atomic E-state index is 13.6. The van der Waals surface area contributed by atoms with E-state index in [0.717, 1.165) is 12.1 Å². The highest BCUT2D eigenvalue weighted by Crippen LogP contribution is 2.24. The van der Waals surface area contributed by atoms with Crippen molar-refractivity contribution in [2.75, 3.05) is 11.9 Å². The van der Waals surface area contributed by atoms with Crippen molar-refractivity contribution in [3.05, 3.63) is 59.2 Å². The molecular formula is C20H19F2NO7. The van der Waals surface area contributed by atoms with Crippen molar-refractivity contribution < 1.29 is 42.9 Å². The van der Waals surface area contributed by atoms with Crippen LogP contribution in [0.1, 0.15) is 18.1 Å². The van der Waals surface area contributed by atoms with Gasteiger partial charge in [-0.3, -0.25) is 14.9 Å². The zero-order valence-electron chi connectivity index (χ0n) is 15.9. The Labute approximate surface area is 170 Å². The number of ether oxygens (including phenoxy) is 2. The number of carbonyl (C=O) groups is 3. The van der Waals surface area contributed by atoms with Crippen LogP contribution in [-0.2, 0) is 27.4 Å². The van der Waals surface area contributed by atoms with Crippen LogP contribution in [0, 0.1) is 17.6 Å². The third-order valence-electron chi connectivity index (χ3n) is 3.99. The van der Waals surface area contributed by atoms with E-state index in [2.05, 4.69) is 5.32 Å². The Hall–Kier alpha value is -3.69. The summed E-state index contributed by atoms with van der Waals surface area (Å²) in [5.74, 6) is -6.02. The Balaban J connectivity index is 2.12. The lowest BCUT2D eigenvalue weighted by Gasteiger charge is -2.14. The molecule has 0 radical (unpaired) electrons. The molecule has 8 nitrogen and oxygen atoms in total. The average molecular weight is 423 g/mol. The van der Waals surface area contributed by atoms with Gasteiger partial charge in [-0.15, -0.1) is 0 Å². The van der Waals surface area contributed by atoms with Gasteiger partial charge < -0.3 is 19.7 Å². The first kappa shape index (κ1) is 22.6. The molecule has 1 amide bonds. The predicted molar refractivity (Wildman–Crippen MR) is 100 cm³/mol. The van der Waals surface area contributed by atoms with Crippen molar-refractivity contribution in [3.63, 3.8) is 0 Å². The van der Waals surface area contributed by atoms with Gasteiger partial charge in [-0.2, -0.15) is 0 Å². The molecule has 160 valence electrons. The molecule has 0 aliphatic rings. The molecule has 30 heavy (non-hydrogen) atoms. The van der Waals surface area contributed by atoms with Crippen molar-refractivity contribution in [2.24, 2.45) is 5.92 Å². The van der Waals surface area contributed by atoms with Crippen molar-refractivity contribution in [2.45, 2.75) is 20.0 Å². The molecule has 0 heterocycles. The number of carbonyl (C=O) groups excluding carboxylic acids is 1. The fraction of sp³-hybridized carbons (Fsp3) is 0.250. The molecule has 0 atom stereocenters. The van der Waals surface area contributed by atoms with Crippen molar-refractivity contribution >= 4 is 23.7 Å². The summed E-state index contributed by atoms with van der Waals surface area (Å²) in [7, 11) is 0. The minimum atomic E-state index is -1.64. The third kappa shape index (κ3) is 6.16. The lowest BCUT2D eigenvalue weighted by atomic mass is 9.98. The first-order valence-electron chi connectivity index (χ1n) is 8.80. The highest BCUT2D eigenvalue weighted by atomic mass is 19.1. The molecule has 0 aliphatic heterocycles. The monoisotopic (exact) mass is 423 g/mol. The van der Waals surface area contributed by atoms with Crippen LogP contribution in [0.25, 0.3) is 0 Å². The molecule has 2 aromatic rings. The molecule has 2 rings (SSSR count). The van der Waals surface area contributed by atoms with Crippen LogP contribution in [-0.4, -0.2) is 34.9 Å². The maximum Gasteiger partial charge on any atom is 0.412 e. The van der Waals surface area contributed by atoms with Gasteiger partial charge in [0.25, 0.3) is 0 Å². The Morgan fingerprint density at radius 3 is 2.37 bits per heavy atom. The molecule has 0 bridgehead atoms. The Morgan fingerprint density at radius 1 is 1.07 bits per heavy atom. The maximum atomic E-state index is 13.6. The van der Waals surface area contributed by atoms with Crippen molar-refractivity contribution in [1.82, 2.24) is 0 Å². The molecule has 0 saturated carbocycles. The zero-order chi connectivity index (χ0) is 22.3. The largest absolute Gasteiger partial charge is 0.493 e. The Bertz CT molecular complexity index is 935. The summed E-state index contributed by atoms with van der Waals surface area (Å²) < 4.78 is 37.0. The first-order valence-corrected chi connectivity index (χ1v) is 8.80. The second-order valence-electron chi connectivity index (χ2n) is 6.13. The quantitative estimate of drug-likeness (QED) is 0.528. The highest BCUT2D eigenvalue weighted by Gasteiger charge is 2.26. The van der Waals surface area contributed by atoms with E-state index in [-0.39, 0.29) is 18.7 Å². The third-order valence-corrected chi connectivity index (χ3v) is 3.99. The smallest absolute Gasteiger partial charge is 0.412 e. The van der Waals surface area contributed by atoms with E-state index in [9.17, 15) is 23.2 Å². The normalized spacial score (nSPS) is 10.5. The van der Waals surface area contributed by atoms with Crippen molar-refractivity contribution in [1.29, 1.82) is 0 Å². The second-order valence-corrected chi connectivity index (χ2v) is 6.13. The summed E-state index contributed by atoms with van der Waals surface area (Å²) in [5.41, 5.74) is 0.474. The van der Waals surface area contributed by atoms with Gasteiger partial charge in [0, 0.05) is 11.6 Å². The van der Waals surface area contributed by atoms with Crippen LogP contribution >= 0.6 is 0 Å². The molecule has 10 heteroatoms. The number of hydrogen-bond donors (Lipinski definition) is 3. The molecule has 0 saturated heterocycles. The first-order chi connectivity index (χ1) is 14.2. The number of rotatable bonds is 9. The zero-order valence-corrected chi connectivity index (χ0v) is 15.9. The van der Waals surface area contributed by atoms with E-state index >= 15 is 0 Å².